The van der Waals surface area contributed by atoms with Crippen LogP contribution in [0.5, 0.6) is 5.88 Å². The van der Waals surface area contributed by atoms with Crippen molar-refractivity contribution in [2.75, 3.05) is 18.0 Å². The SMILES string of the molecule is CC1CN(c2nc(O)c(/C=C3\C=Nc4ccccc43)s2)CC(C)O1. The Morgan fingerprint density at radius 3 is 2.79 bits per heavy atom. The topological polar surface area (TPSA) is 58.0 Å². The van der Waals surface area contributed by atoms with Gasteiger partial charge in [-0.1, -0.05) is 29.5 Å². The van der Waals surface area contributed by atoms with Crippen LogP contribution in [0.1, 0.15) is 24.3 Å². The lowest BCUT2D eigenvalue weighted by atomic mass is 10.1. The molecule has 0 spiro atoms. The van der Waals surface area contributed by atoms with Crippen LogP contribution in [0.4, 0.5) is 10.8 Å². The summed E-state index contributed by atoms with van der Waals surface area (Å²) in [7, 11) is 0. The highest BCUT2D eigenvalue weighted by atomic mass is 32.1. The number of nitrogens with zero attached hydrogens (tertiary/aromatic N) is 3. The quantitative estimate of drug-likeness (QED) is 0.904. The molecule has 5 nitrogen and oxygen atoms in total. The first-order valence-electron chi connectivity index (χ1n) is 8.05. The van der Waals surface area contributed by atoms with Crippen molar-refractivity contribution < 1.29 is 9.84 Å². The number of para-hydroxylation sites is 1. The molecule has 0 aliphatic carbocycles. The van der Waals surface area contributed by atoms with Crippen LogP contribution >= 0.6 is 11.3 Å². The maximum absolute atomic E-state index is 10.3. The Morgan fingerprint density at radius 2 is 2.00 bits per heavy atom. The molecule has 2 aromatic rings. The zero-order valence-electron chi connectivity index (χ0n) is 13.6. The molecular weight excluding hydrogens is 322 g/mol. The number of aliphatic imine (C=N–C) groups is 1. The number of hydrogen-bond acceptors (Lipinski definition) is 6. The molecule has 1 aromatic heterocycles. The van der Waals surface area contributed by atoms with E-state index in [-0.39, 0.29) is 18.1 Å². The van der Waals surface area contributed by atoms with E-state index in [1.165, 1.54) is 11.3 Å². The lowest BCUT2D eigenvalue weighted by molar-refractivity contribution is -0.00525. The fourth-order valence-corrected chi connectivity index (χ4v) is 4.10. The van der Waals surface area contributed by atoms with Crippen molar-refractivity contribution in [3.05, 3.63) is 34.7 Å². The van der Waals surface area contributed by atoms with Crippen LogP contribution in [0.15, 0.2) is 29.3 Å². The van der Waals surface area contributed by atoms with Crippen molar-refractivity contribution >= 4 is 40.0 Å². The molecule has 1 fully saturated rings. The Kier molecular flexibility index (Phi) is 3.86. The number of allylic oxidation sites excluding steroid dienone is 1. The summed E-state index contributed by atoms with van der Waals surface area (Å²) in [5.74, 6) is 0.0760. The number of hydrogen-bond donors (Lipinski definition) is 1. The maximum atomic E-state index is 10.3. The van der Waals surface area contributed by atoms with E-state index in [1.807, 2.05) is 36.6 Å². The fraction of sp³-hybridized carbons (Fsp3) is 0.333. The highest BCUT2D eigenvalue weighted by molar-refractivity contribution is 7.16. The van der Waals surface area contributed by atoms with Gasteiger partial charge in [-0.15, -0.1) is 0 Å². The molecule has 2 atom stereocenters. The van der Waals surface area contributed by atoms with Gasteiger partial charge in [-0.05, 0) is 26.0 Å². The molecule has 0 radical (unpaired) electrons. The van der Waals surface area contributed by atoms with Gasteiger partial charge in [0.1, 0.15) is 0 Å². The van der Waals surface area contributed by atoms with Crippen molar-refractivity contribution in [2.45, 2.75) is 26.1 Å². The molecule has 1 N–H and O–H groups in total. The van der Waals surface area contributed by atoms with Gasteiger partial charge < -0.3 is 14.7 Å². The van der Waals surface area contributed by atoms with Gasteiger partial charge in [-0.25, -0.2) is 0 Å². The van der Waals surface area contributed by atoms with E-state index in [9.17, 15) is 5.11 Å². The summed E-state index contributed by atoms with van der Waals surface area (Å²) in [6, 6.07) is 8.00. The van der Waals surface area contributed by atoms with Gasteiger partial charge in [-0.3, -0.25) is 4.99 Å². The molecule has 2 unspecified atom stereocenters. The number of thiazole rings is 1. The molecule has 1 aromatic carbocycles. The number of fused-ring (bicyclic) bond motifs is 1. The second-order valence-electron chi connectivity index (χ2n) is 6.22. The van der Waals surface area contributed by atoms with Crippen molar-refractivity contribution in [3.8, 4) is 5.88 Å². The molecule has 2 aliphatic rings. The third kappa shape index (κ3) is 2.83. The molecule has 2 aliphatic heterocycles. The van der Waals surface area contributed by atoms with E-state index in [0.29, 0.717) is 0 Å². The summed E-state index contributed by atoms with van der Waals surface area (Å²) in [6.07, 6.45) is 4.12. The molecule has 6 heteroatoms. The first kappa shape index (κ1) is 15.4. The summed E-state index contributed by atoms with van der Waals surface area (Å²) >= 11 is 1.50. The van der Waals surface area contributed by atoms with E-state index in [4.69, 9.17) is 4.74 Å². The molecule has 0 bridgehead atoms. The number of rotatable bonds is 2. The fourth-order valence-electron chi connectivity index (χ4n) is 3.17. The second-order valence-corrected chi connectivity index (χ2v) is 7.23. The van der Waals surface area contributed by atoms with Crippen LogP contribution in [-0.2, 0) is 4.74 Å². The lowest BCUT2D eigenvalue weighted by Crippen LogP contribution is -2.45. The zero-order valence-corrected chi connectivity index (χ0v) is 14.5. The summed E-state index contributed by atoms with van der Waals surface area (Å²) in [4.78, 5) is 11.7. The Hall–Kier alpha value is -2.18. The van der Waals surface area contributed by atoms with Gasteiger partial charge >= 0.3 is 0 Å². The zero-order chi connectivity index (χ0) is 16.7. The Bertz CT molecular complexity index is 817. The van der Waals surface area contributed by atoms with Crippen LogP contribution in [-0.4, -0.2) is 41.6 Å². The average Bonchev–Trinajstić information content (AvgIpc) is 3.12. The molecule has 0 amide bonds. The Balaban J connectivity index is 1.63. The highest BCUT2D eigenvalue weighted by Gasteiger charge is 2.25. The minimum atomic E-state index is 0.0760. The smallest absolute Gasteiger partial charge is 0.231 e. The third-order valence-corrected chi connectivity index (χ3v) is 5.21. The van der Waals surface area contributed by atoms with Crippen molar-refractivity contribution in [3.63, 3.8) is 0 Å². The Morgan fingerprint density at radius 1 is 1.25 bits per heavy atom. The number of aromatic hydroxyl groups is 1. The maximum Gasteiger partial charge on any atom is 0.231 e. The highest BCUT2D eigenvalue weighted by Crippen LogP contribution is 2.37. The van der Waals surface area contributed by atoms with Gasteiger partial charge in [0, 0.05) is 30.4 Å². The van der Waals surface area contributed by atoms with Gasteiger partial charge in [0.2, 0.25) is 5.88 Å². The standard InChI is InChI=1S/C18H19N3O2S/c1-11-9-21(10-12(2)23-11)18-20-17(22)16(24-18)7-13-8-19-15-6-4-3-5-14(13)15/h3-8,11-12,22H,9-10H2,1-2H3/b13-7+. The number of benzene rings is 1. The molecule has 0 saturated carbocycles. The molecule has 4 rings (SSSR count). The normalized spacial score (nSPS) is 24.6. The Labute approximate surface area is 144 Å². The number of morpholine rings is 1. The van der Waals surface area contributed by atoms with Crippen LogP contribution in [0.2, 0.25) is 0 Å². The molecular formula is C18H19N3O2S. The molecule has 124 valence electrons. The first-order chi connectivity index (χ1) is 11.6. The van der Waals surface area contributed by atoms with Gasteiger partial charge in [0.15, 0.2) is 5.13 Å². The van der Waals surface area contributed by atoms with Crippen molar-refractivity contribution in [2.24, 2.45) is 4.99 Å². The van der Waals surface area contributed by atoms with Gasteiger partial charge in [0.25, 0.3) is 0 Å². The molecule has 3 heterocycles. The third-order valence-electron chi connectivity index (χ3n) is 4.16. The van der Waals surface area contributed by atoms with Crippen molar-refractivity contribution in [1.82, 2.24) is 4.98 Å². The number of ether oxygens (including phenoxy) is 1. The average molecular weight is 341 g/mol. The second kappa shape index (κ2) is 6.03. The minimum Gasteiger partial charge on any atom is -0.492 e. The van der Waals surface area contributed by atoms with Gasteiger partial charge in [-0.2, -0.15) is 4.98 Å². The van der Waals surface area contributed by atoms with E-state index in [0.717, 1.165) is 39.9 Å². The van der Waals surface area contributed by atoms with E-state index in [1.54, 1.807) is 0 Å². The van der Waals surface area contributed by atoms with Gasteiger partial charge in [0.05, 0.1) is 22.8 Å². The first-order valence-corrected chi connectivity index (χ1v) is 8.87. The molecule has 24 heavy (non-hydrogen) atoms. The van der Waals surface area contributed by atoms with E-state index >= 15 is 0 Å². The van der Waals surface area contributed by atoms with Crippen LogP contribution in [0.3, 0.4) is 0 Å². The van der Waals surface area contributed by atoms with E-state index < -0.39 is 0 Å². The van der Waals surface area contributed by atoms with Crippen molar-refractivity contribution in [1.29, 1.82) is 0 Å². The van der Waals surface area contributed by atoms with Crippen LogP contribution < -0.4 is 4.90 Å². The minimum absolute atomic E-state index is 0.0760. The van der Waals surface area contributed by atoms with E-state index in [2.05, 4.69) is 28.7 Å². The van der Waals surface area contributed by atoms with Crippen LogP contribution in [0.25, 0.3) is 11.6 Å². The predicted octanol–water partition coefficient (Wildman–Crippen LogP) is 3.72. The largest absolute Gasteiger partial charge is 0.492 e. The summed E-state index contributed by atoms with van der Waals surface area (Å²) in [6.45, 7) is 5.70. The molecule has 1 saturated heterocycles. The lowest BCUT2D eigenvalue weighted by Gasteiger charge is -2.35. The monoisotopic (exact) mass is 341 g/mol. The summed E-state index contributed by atoms with van der Waals surface area (Å²) < 4.78 is 5.76. The predicted molar refractivity (Wildman–Crippen MR) is 98.5 cm³/mol. The summed E-state index contributed by atoms with van der Waals surface area (Å²) in [5.41, 5.74) is 3.05. The van der Waals surface area contributed by atoms with Crippen LogP contribution in [0, 0.1) is 0 Å². The number of aromatic nitrogens is 1. The number of anilines is 1. The summed E-state index contributed by atoms with van der Waals surface area (Å²) in [5, 5.41) is 11.1.